The normalized spacial score (nSPS) is 28.2. The second kappa shape index (κ2) is 6.68. The van der Waals surface area contributed by atoms with E-state index in [9.17, 15) is 14.7 Å². The maximum atomic E-state index is 13.2. The molecule has 0 saturated heterocycles. The molecule has 5 heteroatoms. The van der Waals surface area contributed by atoms with Gasteiger partial charge in [-0.1, -0.05) is 25.7 Å². The van der Waals surface area contributed by atoms with Gasteiger partial charge in [-0.3, -0.25) is 9.59 Å². The molecule has 0 heterocycles. The summed E-state index contributed by atoms with van der Waals surface area (Å²) in [4.78, 5) is 25.9. The molecule has 0 spiro atoms. The zero-order chi connectivity index (χ0) is 19.2. The molecule has 3 atom stereocenters. The molecule has 1 aromatic carbocycles. The molecule has 2 aliphatic rings. The molecule has 0 aliphatic heterocycles. The zero-order valence-electron chi connectivity index (χ0n) is 15.0. The molecule has 1 N–H and O–H groups in total. The van der Waals surface area contributed by atoms with E-state index < -0.39 is 11.3 Å². The van der Waals surface area contributed by atoms with E-state index in [2.05, 4.69) is 6.58 Å². The predicted molar refractivity (Wildman–Crippen MR) is 108 cm³/mol. The molecule has 1 aromatic rings. The number of phenols is 1. The number of halogens is 1. The van der Waals surface area contributed by atoms with Crippen LogP contribution in [-0.4, -0.2) is 23.8 Å². The predicted octanol–water partition coefficient (Wildman–Crippen LogP) is 4.33. The van der Waals surface area contributed by atoms with Crippen LogP contribution in [0.3, 0.4) is 0 Å². The fourth-order valence-electron chi connectivity index (χ4n) is 4.33. The van der Waals surface area contributed by atoms with Crippen molar-refractivity contribution in [3.05, 3.63) is 57.2 Å². The lowest BCUT2D eigenvalue weighted by Gasteiger charge is -2.47. The smallest absolute Gasteiger partial charge is 0.171 e. The summed E-state index contributed by atoms with van der Waals surface area (Å²) in [6.07, 6.45) is 5.74. The molecule has 3 rings (SSSR count). The highest BCUT2D eigenvalue weighted by atomic mass is 127. The van der Waals surface area contributed by atoms with E-state index >= 15 is 0 Å². The Hall–Kier alpha value is -1.89. The summed E-state index contributed by atoms with van der Waals surface area (Å²) < 4.78 is 5.93. The lowest BCUT2D eigenvalue weighted by atomic mass is 9.53. The quantitative estimate of drug-likeness (QED) is 0.677. The molecule has 4 nitrogen and oxygen atoms in total. The van der Waals surface area contributed by atoms with Crippen LogP contribution in [0.25, 0.3) is 0 Å². The highest BCUT2D eigenvalue weighted by Gasteiger charge is 2.55. The first kappa shape index (κ1) is 18.9. The molecule has 0 saturated carbocycles. The Morgan fingerprint density at radius 3 is 2.69 bits per heavy atom. The molecule has 136 valence electrons. The number of methoxy groups -OCH3 is 1. The summed E-state index contributed by atoms with van der Waals surface area (Å²) in [6.45, 7) is 7.49. The minimum atomic E-state index is -0.890. The van der Waals surface area contributed by atoms with E-state index in [1.165, 1.54) is 13.2 Å². The summed E-state index contributed by atoms with van der Waals surface area (Å²) >= 11 is 2.04. The van der Waals surface area contributed by atoms with E-state index in [4.69, 9.17) is 4.74 Å². The van der Waals surface area contributed by atoms with E-state index in [0.29, 0.717) is 21.3 Å². The maximum Gasteiger partial charge on any atom is 0.171 e. The lowest BCUT2D eigenvalue weighted by molar-refractivity contribution is -0.137. The van der Waals surface area contributed by atoms with Crippen LogP contribution in [0, 0.1) is 14.9 Å². The standard InChI is InChI=1S/C21H21IO4/c1-5-12-6-7-14-16(23)8-11(2)20(25)21(14,3)18(12)13-9-15(22)19(24)17(10-13)26-4/h5-6,8-10,14,18,24H,1,7H2,2-4H3/t14-,18+,21+/m0/s1. The number of phenolic OH excluding ortho intramolecular Hbond substituents is 1. The van der Waals surface area contributed by atoms with Crippen LogP contribution in [0.1, 0.15) is 31.7 Å². The molecular weight excluding hydrogens is 443 g/mol. The number of allylic oxidation sites excluding steroid dienone is 5. The second-order valence-electron chi connectivity index (χ2n) is 7.02. The number of ketones is 2. The van der Waals surface area contributed by atoms with E-state index in [1.54, 1.807) is 19.1 Å². The van der Waals surface area contributed by atoms with Crippen molar-refractivity contribution >= 4 is 34.2 Å². The number of hydrogen-bond acceptors (Lipinski definition) is 4. The van der Waals surface area contributed by atoms with Crippen molar-refractivity contribution in [2.45, 2.75) is 26.2 Å². The minimum absolute atomic E-state index is 0.00518. The third-order valence-corrected chi connectivity index (χ3v) is 6.46. The van der Waals surface area contributed by atoms with Crippen LogP contribution < -0.4 is 4.74 Å². The van der Waals surface area contributed by atoms with Crippen molar-refractivity contribution < 1.29 is 19.4 Å². The average Bonchev–Trinajstić information content (AvgIpc) is 2.61. The van der Waals surface area contributed by atoms with Gasteiger partial charge in [-0.2, -0.15) is 0 Å². The van der Waals surface area contributed by atoms with Crippen LogP contribution >= 0.6 is 22.6 Å². The van der Waals surface area contributed by atoms with Crippen molar-refractivity contribution in [3.63, 3.8) is 0 Å². The Labute approximate surface area is 166 Å². The van der Waals surface area contributed by atoms with Gasteiger partial charge in [0.2, 0.25) is 0 Å². The van der Waals surface area contributed by atoms with Gasteiger partial charge >= 0.3 is 0 Å². The number of benzene rings is 1. The van der Waals surface area contributed by atoms with Gasteiger partial charge in [0, 0.05) is 11.8 Å². The molecular formula is C21H21IO4. The molecule has 0 fully saturated rings. The van der Waals surface area contributed by atoms with Gasteiger partial charge in [-0.15, -0.1) is 0 Å². The first-order chi connectivity index (χ1) is 12.2. The molecule has 26 heavy (non-hydrogen) atoms. The lowest BCUT2D eigenvalue weighted by Crippen LogP contribution is -2.49. The third kappa shape index (κ3) is 2.64. The second-order valence-corrected chi connectivity index (χ2v) is 8.19. The van der Waals surface area contributed by atoms with Crippen LogP contribution in [0.2, 0.25) is 0 Å². The highest BCUT2D eigenvalue weighted by molar-refractivity contribution is 14.1. The van der Waals surface area contributed by atoms with Crippen LogP contribution in [0.15, 0.2) is 48.1 Å². The average molecular weight is 464 g/mol. The fraction of sp³-hybridized carbons (Fsp3) is 0.333. The van der Waals surface area contributed by atoms with Crippen molar-refractivity contribution in [2.75, 3.05) is 7.11 Å². The summed E-state index contributed by atoms with van der Waals surface area (Å²) in [5.74, 6) is -0.328. The van der Waals surface area contributed by atoms with Gasteiger partial charge in [0.05, 0.1) is 16.1 Å². The van der Waals surface area contributed by atoms with Crippen molar-refractivity contribution in [1.82, 2.24) is 0 Å². The van der Waals surface area contributed by atoms with Crippen molar-refractivity contribution in [2.24, 2.45) is 11.3 Å². The number of rotatable bonds is 3. The Morgan fingerprint density at radius 2 is 2.08 bits per heavy atom. The summed E-state index contributed by atoms with van der Waals surface area (Å²) in [5, 5.41) is 10.2. The first-order valence-electron chi connectivity index (χ1n) is 8.41. The summed E-state index contributed by atoms with van der Waals surface area (Å²) in [7, 11) is 1.49. The number of carbonyl (C=O) groups excluding carboxylic acids is 2. The van der Waals surface area contributed by atoms with Crippen molar-refractivity contribution in [1.29, 1.82) is 0 Å². The monoisotopic (exact) mass is 464 g/mol. The molecule has 0 amide bonds. The zero-order valence-corrected chi connectivity index (χ0v) is 17.2. The van der Waals surface area contributed by atoms with E-state index in [0.717, 1.165) is 11.1 Å². The third-order valence-electron chi connectivity index (χ3n) is 5.64. The Kier molecular flexibility index (Phi) is 4.86. The van der Waals surface area contributed by atoms with Gasteiger partial charge in [0.15, 0.2) is 23.1 Å². The topological polar surface area (TPSA) is 63.6 Å². The number of ether oxygens (including phenoxy) is 1. The van der Waals surface area contributed by atoms with E-state index in [1.807, 2.05) is 41.7 Å². The van der Waals surface area contributed by atoms with Gasteiger partial charge in [-0.25, -0.2) is 0 Å². The molecule has 0 bridgehead atoms. The SMILES string of the molecule is C=CC1=CC[C@H]2C(=O)C=C(C)C(=O)[C@@]2(C)[C@H]1c1cc(I)c(O)c(OC)c1. The molecule has 0 aromatic heterocycles. The van der Waals surface area contributed by atoms with Gasteiger partial charge in [0.25, 0.3) is 0 Å². The van der Waals surface area contributed by atoms with Gasteiger partial charge < -0.3 is 9.84 Å². The Morgan fingerprint density at radius 1 is 1.38 bits per heavy atom. The Bertz CT molecular complexity index is 880. The Balaban J connectivity index is 2.27. The molecule has 0 radical (unpaired) electrons. The minimum Gasteiger partial charge on any atom is -0.504 e. The molecule has 0 unspecified atom stereocenters. The fourth-order valence-corrected chi connectivity index (χ4v) is 4.95. The highest BCUT2D eigenvalue weighted by Crippen LogP contribution is 2.55. The number of fused-ring (bicyclic) bond motifs is 1. The number of aromatic hydroxyl groups is 1. The molecule has 2 aliphatic carbocycles. The number of hydrogen-bond donors (Lipinski definition) is 1. The summed E-state index contributed by atoms with van der Waals surface area (Å²) in [5.41, 5.74) is 1.35. The number of carbonyl (C=O) groups is 2. The van der Waals surface area contributed by atoms with Crippen LogP contribution in [0.5, 0.6) is 11.5 Å². The van der Waals surface area contributed by atoms with Crippen molar-refractivity contribution in [3.8, 4) is 11.5 Å². The first-order valence-corrected chi connectivity index (χ1v) is 9.49. The maximum absolute atomic E-state index is 13.2. The van der Waals surface area contributed by atoms with E-state index in [-0.39, 0.29) is 23.2 Å². The van der Waals surface area contributed by atoms with Gasteiger partial charge in [-0.05, 0) is 70.9 Å². The van der Waals surface area contributed by atoms with Crippen LogP contribution in [0.4, 0.5) is 0 Å². The van der Waals surface area contributed by atoms with Crippen LogP contribution in [-0.2, 0) is 9.59 Å². The summed E-state index contributed by atoms with van der Waals surface area (Å²) in [6, 6.07) is 3.60. The number of Topliss-reactive ketones (excluding diaryl/α,β-unsaturated/α-hetero) is 1. The van der Waals surface area contributed by atoms with Gasteiger partial charge in [0.1, 0.15) is 0 Å². The largest absolute Gasteiger partial charge is 0.504 e.